The molecule has 0 saturated carbocycles. The highest BCUT2D eigenvalue weighted by molar-refractivity contribution is 7.90. The third-order valence-electron chi connectivity index (χ3n) is 7.31. The monoisotopic (exact) mass is 532 g/mol. The van der Waals surface area contributed by atoms with Gasteiger partial charge < -0.3 is 9.64 Å². The summed E-state index contributed by atoms with van der Waals surface area (Å²) < 4.78 is 33.2. The van der Waals surface area contributed by atoms with Gasteiger partial charge in [-0.1, -0.05) is 24.3 Å². The van der Waals surface area contributed by atoms with E-state index in [9.17, 15) is 13.2 Å². The van der Waals surface area contributed by atoms with Crippen molar-refractivity contribution in [2.75, 3.05) is 20.2 Å². The predicted octanol–water partition coefficient (Wildman–Crippen LogP) is 4.49. The molecule has 9 heteroatoms. The molecule has 5 rings (SSSR count). The van der Waals surface area contributed by atoms with Crippen molar-refractivity contribution in [3.8, 4) is 17.0 Å². The number of sulfone groups is 1. The summed E-state index contributed by atoms with van der Waals surface area (Å²) in [6.45, 7) is 6.31. The van der Waals surface area contributed by atoms with Gasteiger partial charge in [-0.15, -0.1) is 0 Å². The number of pyridine rings is 1. The van der Waals surface area contributed by atoms with E-state index >= 15 is 0 Å². The Labute approximate surface area is 222 Å². The Morgan fingerprint density at radius 3 is 2.42 bits per heavy atom. The van der Waals surface area contributed by atoms with E-state index in [1.807, 2.05) is 18.2 Å². The molecule has 3 heterocycles. The summed E-state index contributed by atoms with van der Waals surface area (Å²) >= 11 is 0. The van der Waals surface area contributed by atoms with Crippen LogP contribution in [0.15, 0.2) is 76.8 Å². The number of rotatable bonds is 7. The Morgan fingerprint density at radius 2 is 1.74 bits per heavy atom. The van der Waals surface area contributed by atoms with Gasteiger partial charge in [0.15, 0.2) is 9.84 Å². The number of methoxy groups -OCH3 is 1. The quantitative estimate of drug-likeness (QED) is 0.346. The highest BCUT2D eigenvalue weighted by atomic mass is 32.2. The van der Waals surface area contributed by atoms with Crippen LogP contribution in [0.5, 0.6) is 5.88 Å². The topological polar surface area (TPSA) is 94.4 Å². The average molecular weight is 533 g/mol. The fourth-order valence-corrected chi connectivity index (χ4v) is 6.47. The van der Waals surface area contributed by atoms with Crippen molar-refractivity contribution in [3.63, 3.8) is 0 Å². The largest absolute Gasteiger partial charge is 0.481 e. The molecule has 1 fully saturated rings. The maximum atomic E-state index is 13.5. The van der Waals surface area contributed by atoms with Gasteiger partial charge in [-0.05, 0) is 62.6 Å². The van der Waals surface area contributed by atoms with Gasteiger partial charge in [-0.3, -0.25) is 9.36 Å². The highest BCUT2D eigenvalue weighted by Gasteiger charge is 2.24. The molecule has 1 aliphatic heterocycles. The molecule has 0 bridgehead atoms. The first-order valence-electron chi connectivity index (χ1n) is 12.8. The van der Waals surface area contributed by atoms with Crippen LogP contribution in [0.3, 0.4) is 0 Å². The number of nitrogens with zero attached hydrogens (tertiary/aromatic N) is 4. The molecule has 1 aliphatic rings. The zero-order chi connectivity index (χ0) is 26.9. The lowest BCUT2D eigenvalue weighted by molar-refractivity contribution is 0.150. The molecular formula is C29H32N4O4S. The highest BCUT2D eigenvalue weighted by Crippen LogP contribution is 2.29. The van der Waals surface area contributed by atoms with E-state index in [1.54, 1.807) is 53.5 Å². The van der Waals surface area contributed by atoms with Gasteiger partial charge in [0.1, 0.15) is 0 Å². The number of hydrogen-bond donors (Lipinski definition) is 0. The first-order valence-corrected chi connectivity index (χ1v) is 14.5. The molecule has 0 aliphatic carbocycles. The third-order valence-corrected chi connectivity index (χ3v) is 8.99. The number of ether oxygens (including phenoxy) is 1. The number of fused-ring (bicyclic) bond motifs is 1. The van der Waals surface area contributed by atoms with Crippen LogP contribution in [-0.4, -0.2) is 54.1 Å². The summed E-state index contributed by atoms with van der Waals surface area (Å²) in [4.78, 5) is 25.1. The molecule has 2 aromatic heterocycles. The number of benzene rings is 2. The third kappa shape index (κ3) is 5.21. The first kappa shape index (κ1) is 26.1. The lowest BCUT2D eigenvalue weighted by Gasteiger charge is -2.35. The molecular weight excluding hydrogens is 500 g/mol. The van der Waals surface area contributed by atoms with Crippen LogP contribution in [0.25, 0.3) is 22.0 Å². The van der Waals surface area contributed by atoms with E-state index in [-0.39, 0.29) is 28.1 Å². The Balaban J connectivity index is 1.48. The van der Waals surface area contributed by atoms with Crippen LogP contribution in [-0.2, 0) is 15.6 Å². The average Bonchev–Trinajstić information content (AvgIpc) is 2.93. The molecule has 0 atom stereocenters. The summed E-state index contributed by atoms with van der Waals surface area (Å²) in [7, 11) is -2.13. The Morgan fingerprint density at radius 1 is 1.00 bits per heavy atom. The lowest BCUT2D eigenvalue weighted by Crippen LogP contribution is -2.40. The minimum Gasteiger partial charge on any atom is -0.481 e. The van der Waals surface area contributed by atoms with Crippen molar-refractivity contribution in [1.29, 1.82) is 0 Å². The number of piperidine rings is 1. The summed E-state index contributed by atoms with van der Waals surface area (Å²) in [5, 5.41) is 0.533. The van der Waals surface area contributed by atoms with Crippen molar-refractivity contribution in [1.82, 2.24) is 19.4 Å². The summed E-state index contributed by atoms with van der Waals surface area (Å²) in [5.74, 6) is 0.00344. The summed E-state index contributed by atoms with van der Waals surface area (Å²) in [5.41, 5.74) is 2.48. The second-order valence-electron chi connectivity index (χ2n) is 10.0. The molecule has 1 saturated heterocycles. The smallest absolute Gasteiger partial charge is 0.261 e. The van der Waals surface area contributed by atoms with Crippen LogP contribution in [0.4, 0.5) is 0 Å². The van der Waals surface area contributed by atoms with Gasteiger partial charge in [0.2, 0.25) is 5.88 Å². The van der Waals surface area contributed by atoms with E-state index in [0.717, 1.165) is 31.5 Å². The normalized spacial score (nSPS) is 15.3. The Kier molecular flexibility index (Phi) is 7.32. The van der Waals surface area contributed by atoms with Crippen molar-refractivity contribution in [2.24, 2.45) is 0 Å². The van der Waals surface area contributed by atoms with Gasteiger partial charge in [0.25, 0.3) is 5.56 Å². The Hall–Kier alpha value is -3.56. The zero-order valence-electron chi connectivity index (χ0n) is 21.9. The molecule has 4 aromatic rings. The molecule has 0 amide bonds. The van der Waals surface area contributed by atoms with Crippen LogP contribution in [0.2, 0.25) is 0 Å². The van der Waals surface area contributed by atoms with Crippen molar-refractivity contribution in [3.05, 3.63) is 83.0 Å². The zero-order valence-corrected chi connectivity index (χ0v) is 22.7. The van der Waals surface area contributed by atoms with Crippen molar-refractivity contribution < 1.29 is 13.2 Å². The van der Waals surface area contributed by atoms with E-state index in [1.165, 1.54) is 7.11 Å². The van der Waals surface area contributed by atoms with E-state index < -0.39 is 9.84 Å². The van der Waals surface area contributed by atoms with Crippen LogP contribution in [0, 0.1) is 0 Å². The second kappa shape index (κ2) is 10.7. The van der Waals surface area contributed by atoms with Gasteiger partial charge in [-0.25, -0.2) is 18.4 Å². The number of aromatic nitrogens is 3. The van der Waals surface area contributed by atoms with E-state index in [4.69, 9.17) is 4.74 Å². The fraction of sp³-hybridized carbons (Fsp3) is 0.345. The molecule has 198 valence electrons. The van der Waals surface area contributed by atoms with Crippen LogP contribution >= 0.6 is 0 Å². The predicted molar refractivity (Wildman–Crippen MR) is 148 cm³/mol. The van der Waals surface area contributed by atoms with Gasteiger partial charge in [0, 0.05) is 42.5 Å². The molecule has 0 spiro atoms. The van der Waals surface area contributed by atoms with Gasteiger partial charge >= 0.3 is 0 Å². The first-order chi connectivity index (χ1) is 18.3. The standard InChI is InChI=1S/C29H32N4O4S/c1-20(2)32-13-11-24(12-14-32)33-19-31-27-10-9-21(16-26(27)29(33)34)22-15-23(28(37-3)30-17-22)18-38(35,36)25-7-5-4-6-8-25/h4-10,15-17,19-20,24H,11-14,18H2,1-3H3. The maximum absolute atomic E-state index is 13.5. The summed E-state index contributed by atoms with van der Waals surface area (Å²) in [6, 6.07) is 16.2. The van der Waals surface area contributed by atoms with E-state index in [2.05, 4.69) is 28.7 Å². The molecule has 0 N–H and O–H groups in total. The second-order valence-corrected chi connectivity index (χ2v) is 12.0. The molecule has 0 unspecified atom stereocenters. The molecule has 8 nitrogen and oxygen atoms in total. The van der Waals surface area contributed by atoms with Gasteiger partial charge in [0.05, 0.1) is 35.0 Å². The van der Waals surface area contributed by atoms with Crippen molar-refractivity contribution >= 4 is 20.7 Å². The minimum absolute atomic E-state index is 0.0619. The number of hydrogen-bond acceptors (Lipinski definition) is 7. The van der Waals surface area contributed by atoms with Gasteiger partial charge in [-0.2, -0.15) is 0 Å². The lowest BCUT2D eigenvalue weighted by atomic mass is 10.0. The van der Waals surface area contributed by atoms with E-state index in [0.29, 0.717) is 28.1 Å². The van der Waals surface area contributed by atoms with Crippen LogP contribution in [0.1, 0.15) is 38.3 Å². The SMILES string of the molecule is COc1ncc(-c2ccc3ncn(C4CCN(C(C)C)CC4)c(=O)c3c2)cc1CS(=O)(=O)c1ccccc1. The summed E-state index contributed by atoms with van der Waals surface area (Å²) in [6.07, 6.45) is 5.12. The maximum Gasteiger partial charge on any atom is 0.261 e. The minimum atomic E-state index is -3.60. The number of likely N-dealkylation sites (tertiary alicyclic amines) is 1. The molecule has 38 heavy (non-hydrogen) atoms. The molecule has 2 aromatic carbocycles. The Bertz CT molecular complexity index is 1610. The molecule has 0 radical (unpaired) electrons. The fourth-order valence-electron chi connectivity index (χ4n) is 5.11. The van der Waals surface area contributed by atoms with Crippen molar-refractivity contribution in [2.45, 2.75) is 49.4 Å². The van der Waals surface area contributed by atoms with Crippen LogP contribution < -0.4 is 10.3 Å².